The summed E-state index contributed by atoms with van der Waals surface area (Å²) in [5.41, 5.74) is 1.33. The second-order valence-corrected chi connectivity index (χ2v) is 8.55. The zero-order valence-corrected chi connectivity index (χ0v) is 18.2. The molecule has 2 N–H and O–H groups in total. The van der Waals surface area contributed by atoms with Gasteiger partial charge in [-0.05, 0) is 84.6 Å². The van der Waals surface area contributed by atoms with E-state index in [2.05, 4.69) is 30.8 Å². The molecule has 0 aliphatic rings. The summed E-state index contributed by atoms with van der Waals surface area (Å²) < 4.78 is 11.7. The van der Waals surface area contributed by atoms with Crippen LogP contribution in [-0.2, 0) is 15.9 Å². The smallest absolute Gasteiger partial charge is 0.160 e. The van der Waals surface area contributed by atoms with E-state index in [-0.39, 0.29) is 12.2 Å². The van der Waals surface area contributed by atoms with Crippen LogP contribution < -0.4 is 0 Å². The zero-order valence-electron chi connectivity index (χ0n) is 18.2. The van der Waals surface area contributed by atoms with E-state index in [4.69, 9.17) is 9.47 Å². The lowest BCUT2D eigenvalue weighted by Crippen LogP contribution is -2.32. The number of rotatable bonds is 15. The Hall–Kier alpha value is -1.20. The highest BCUT2D eigenvalue weighted by Gasteiger charge is 2.23. The lowest BCUT2D eigenvalue weighted by atomic mass is 10.00. The van der Waals surface area contributed by atoms with Crippen LogP contribution in [0.15, 0.2) is 43.0 Å². The van der Waals surface area contributed by atoms with E-state index >= 15 is 0 Å². The Bertz CT molecular complexity index is 528. The summed E-state index contributed by atoms with van der Waals surface area (Å²) in [5, 5.41) is 20.1. The van der Waals surface area contributed by atoms with Gasteiger partial charge in [-0.1, -0.05) is 36.4 Å². The topological polar surface area (TPSA) is 58.9 Å². The molecular formula is C24H40O4. The fourth-order valence-corrected chi connectivity index (χ4v) is 3.40. The van der Waals surface area contributed by atoms with Gasteiger partial charge in [0.25, 0.3) is 0 Å². The van der Waals surface area contributed by atoms with Crippen LogP contribution in [0.4, 0.5) is 0 Å². The molecule has 2 unspecified atom stereocenters. The first-order valence-corrected chi connectivity index (χ1v) is 10.5. The van der Waals surface area contributed by atoms with Crippen molar-refractivity contribution in [2.24, 2.45) is 0 Å². The van der Waals surface area contributed by atoms with Crippen molar-refractivity contribution >= 4 is 0 Å². The average Bonchev–Trinajstić information content (AvgIpc) is 2.57. The van der Waals surface area contributed by atoms with Crippen LogP contribution in [-0.4, -0.2) is 34.0 Å². The average molecular weight is 393 g/mol. The number of ether oxygens (including phenoxy) is 2. The molecule has 1 rings (SSSR count). The maximum atomic E-state index is 10.1. The highest BCUT2D eigenvalue weighted by Crippen LogP contribution is 2.22. The van der Waals surface area contributed by atoms with Gasteiger partial charge in [-0.25, -0.2) is 0 Å². The third-order valence-electron chi connectivity index (χ3n) is 4.49. The third-order valence-corrected chi connectivity index (χ3v) is 4.49. The predicted molar refractivity (Wildman–Crippen MR) is 115 cm³/mol. The van der Waals surface area contributed by atoms with Gasteiger partial charge in [0.15, 0.2) is 11.6 Å². The minimum Gasteiger partial charge on any atom is -0.366 e. The highest BCUT2D eigenvalue weighted by molar-refractivity contribution is 5.14. The van der Waals surface area contributed by atoms with Gasteiger partial charge in [-0.15, -0.1) is 6.58 Å². The number of aliphatic hydroxyl groups is 2. The maximum Gasteiger partial charge on any atom is 0.160 e. The van der Waals surface area contributed by atoms with Crippen LogP contribution in [0.1, 0.15) is 78.2 Å². The fourth-order valence-electron chi connectivity index (χ4n) is 3.40. The molecule has 160 valence electrons. The van der Waals surface area contributed by atoms with Gasteiger partial charge in [-0.2, -0.15) is 0 Å². The molecule has 4 nitrogen and oxygen atoms in total. The summed E-state index contributed by atoms with van der Waals surface area (Å²) in [4.78, 5) is 0. The van der Waals surface area contributed by atoms with Crippen molar-refractivity contribution in [1.82, 2.24) is 0 Å². The van der Waals surface area contributed by atoms with E-state index < -0.39 is 11.6 Å². The van der Waals surface area contributed by atoms with Gasteiger partial charge < -0.3 is 19.7 Å². The molecule has 0 bridgehead atoms. The van der Waals surface area contributed by atoms with Crippen LogP contribution in [0.5, 0.6) is 0 Å². The van der Waals surface area contributed by atoms with Crippen LogP contribution in [0.25, 0.3) is 0 Å². The standard InChI is InChI=1S/C24H40O4/c1-6-7-16-21(27-23(2,3)25)18-12-19-22(28-24(4,5)26)17-11-15-20-13-9-8-10-14-20/h6,8-10,13-14,21-22,25-26H,1,7,11-12,15-19H2,2-5H3. The van der Waals surface area contributed by atoms with Crippen molar-refractivity contribution in [3.05, 3.63) is 48.6 Å². The molecule has 0 heterocycles. The van der Waals surface area contributed by atoms with Crippen molar-refractivity contribution in [3.8, 4) is 0 Å². The van der Waals surface area contributed by atoms with Gasteiger partial charge in [0, 0.05) is 0 Å². The van der Waals surface area contributed by atoms with E-state index in [9.17, 15) is 10.2 Å². The number of benzene rings is 1. The Labute approximate surface area is 171 Å². The molecule has 0 spiro atoms. The largest absolute Gasteiger partial charge is 0.366 e. The van der Waals surface area contributed by atoms with Crippen LogP contribution in [0, 0.1) is 0 Å². The summed E-state index contributed by atoms with van der Waals surface area (Å²) in [6.07, 6.45) is 9.15. The molecule has 0 amide bonds. The molecule has 0 aromatic heterocycles. The number of aryl methyl sites for hydroxylation is 1. The lowest BCUT2D eigenvalue weighted by molar-refractivity contribution is -0.213. The van der Waals surface area contributed by atoms with Crippen molar-refractivity contribution in [2.45, 2.75) is 103 Å². The Kier molecular flexibility index (Phi) is 11.0. The Morgan fingerprint density at radius 2 is 1.36 bits per heavy atom. The minimum absolute atomic E-state index is 0.00547. The first-order chi connectivity index (χ1) is 13.1. The van der Waals surface area contributed by atoms with Crippen molar-refractivity contribution in [3.63, 3.8) is 0 Å². The molecule has 0 radical (unpaired) electrons. The first kappa shape index (κ1) is 24.8. The Morgan fingerprint density at radius 3 is 1.86 bits per heavy atom. The van der Waals surface area contributed by atoms with Gasteiger partial charge in [0.1, 0.15) is 0 Å². The molecule has 4 heteroatoms. The molecule has 0 fully saturated rings. The van der Waals surface area contributed by atoms with Crippen LogP contribution >= 0.6 is 0 Å². The van der Waals surface area contributed by atoms with E-state index in [0.717, 1.165) is 51.4 Å². The highest BCUT2D eigenvalue weighted by atomic mass is 16.6. The van der Waals surface area contributed by atoms with Gasteiger partial charge >= 0.3 is 0 Å². The normalized spacial score (nSPS) is 14.6. The summed E-state index contributed by atoms with van der Waals surface area (Å²) in [6, 6.07) is 10.4. The zero-order chi connectivity index (χ0) is 21.0. The van der Waals surface area contributed by atoms with Gasteiger partial charge in [-0.3, -0.25) is 0 Å². The van der Waals surface area contributed by atoms with Crippen LogP contribution in [0.3, 0.4) is 0 Å². The fraction of sp³-hybridized carbons (Fsp3) is 0.667. The molecule has 0 aliphatic heterocycles. The van der Waals surface area contributed by atoms with Gasteiger partial charge in [0.2, 0.25) is 0 Å². The molecule has 0 aliphatic carbocycles. The van der Waals surface area contributed by atoms with Crippen molar-refractivity contribution < 1.29 is 19.7 Å². The first-order valence-electron chi connectivity index (χ1n) is 10.5. The molecular weight excluding hydrogens is 352 g/mol. The monoisotopic (exact) mass is 392 g/mol. The second kappa shape index (κ2) is 12.4. The SMILES string of the molecule is C=CCCC(CCCC(CCCc1ccccc1)OC(C)(C)O)OC(C)(C)O. The molecule has 1 aromatic rings. The van der Waals surface area contributed by atoms with Crippen molar-refractivity contribution in [1.29, 1.82) is 0 Å². The lowest BCUT2D eigenvalue weighted by Gasteiger charge is -2.29. The van der Waals surface area contributed by atoms with E-state index in [1.807, 2.05) is 12.1 Å². The minimum atomic E-state index is -1.14. The number of allylic oxidation sites excluding steroid dienone is 1. The maximum absolute atomic E-state index is 10.1. The summed E-state index contributed by atoms with van der Waals surface area (Å²) in [6.45, 7) is 10.5. The van der Waals surface area contributed by atoms with E-state index in [1.165, 1.54) is 5.56 Å². The summed E-state index contributed by atoms with van der Waals surface area (Å²) in [7, 11) is 0. The Balaban J connectivity index is 2.50. The third kappa shape index (κ3) is 13.1. The quantitative estimate of drug-likeness (QED) is 0.311. The molecule has 0 saturated heterocycles. The van der Waals surface area contributed by atoms with E-state index in [1.54, 1.807) is 27.7 Å². The van der Waals surface area contributed by atoms with Crippen LogP contribution in [0.2, 0.25) is 0 Å². The van der Waals surface area contributed by atoms with E-state index in [0.29, 0.717) is 0 Å². The predicted octanol–water partition coefficient (Wildman–Crippen LogP) is 5.37. The Morgan fingerprint density at radius 1 is 0.857 bits per heavy atom. The van der Waals surface area contributed by atoms with Gasteiger partial charge in [0.05, 0.1) is 12.2 Å². The summed E-state index contributed by atoms with van der Waals surface area (Å²) >= 11 is 0. The molecule has 28 heavy (non-hydrogen) atoms. The number of hydrogen-bond acceptors (Lipinski definition) is 4. The molecule has 2 atom stereocenters. The van der Waals surface area contributed by atoms with Crippen molar-refractivity contribution in [2.75, 3.05) is 0 Å². The molecule has 0 saturated carbocycles. The second-order valence-electron chi connectivity index (χ2n) is 8.55. The summed E-state index contributed by atoms with van der Waals surface area (Å²) in [5.74, 6) is -2.27. The molecule has 1 aromatic carbocycles. The number of hydrogen-bond donors (Lipinski definition) is 2.